The Morgan fingerprint density at radius 2 is 1.22 bits per heavy atom. The smallest absolute Gasteiger partial charge is 0.0743 e. The first-order valence-corrected chi connectivity index (χ1v) is 19.2. The summed E-state index contributed by atoms with van der Waals surface area (Å²) in [5, 5.41) is 10.3. The van der Waals surface area contributed by atoms with Crippen molar-refractivity contribution >= 4 is 87.7 Å². The lowest BCUT2D eigenvalue weighted by Gasteiger charge is -2.23. The zero-order valence-corrected chi connectivity index (χ0v) is 29.7. The van der Waals surface area contributed by atoms with Gasteiger partial charge < -0.3 is 8.97 Å². The summed E-state index contributed by atoms with van der Waals surface area (Å²) < 4.78 is 4.97. The lowest BCUT2D eigenvalue weighted by atomic mass is 9.87. The van der Waals surface area contributed by atoms with Gasteiger partial charge >= 0.3 is 0 Å². The molecule has 0 fully saturated rings. The molecular formula is C51H35N3. The van der Waals surface area contributed by atoms with Crippen LogP contribution in [0.4, 0.5) is 0 Å². The second-order valence-electron chi connectivity index (χ2n) is 15.0. The molecular weight excluding hydrogens is 655 g/mol. The first kappa shape index (κ1) is 29.8. The first-order valence-electron chi connectivity index (χ1n) is 19.2. The van der Waals surface area contributed by atoms with Gasteiger partial charge in [0.05, 0.1) is 33.3 Å². The minimum atomic E-state index is 0.359. The number of allylic oxidation sites excluding steroid dienone is 5. The Kier molecular flexibility index (Phi) is 6.29. The van der Waals surface area contributed by atoms with E-state index in [4.69, 9.17) is 4.99 Å². The molecule has 10 aromatic rings. The largest absolute Gasteiger partial charge is 0.309 e. The van der Waals surface area contributed by atoms with Crippen LogP contribution in [0.25, 0.3) is 87.6 Å². The van der Waals surface area contributed by atoms with Crippen molar-refractivity contribution in [3.8, 4) is 5.69 Å². The highest BCUT2D eigenvalue weighted by molar-refractivity contribution is 6.35. The maximum atomic E-state index is 5.49. The highest BCUT2D eigenvalue weighted by Crippen LogP contribution is 2.47. The van der Waals surface area contributed by atoms with Crippen LogP contribution >= 0.6 is 0 Å². The van der Waals surface area contributed by atoms with Crippen LogP contribution in [-0.4, -0.2) is 14.7 Å². The van der Waals surface area contributed by atoms with E-state index in [1.54, 1.807) is 0 Å². The van der Waals surface area contributed by atoms with Crippen LogP contribution in [0.5, 0.6) is 0 Å². The second-order valence-corrected chi connectivity index (χ2v) is 15.0. The summed E-state index contributed by atoms with van der Waals surface area (Å²) >= 11 is 0. The number of fused-ring (bicyclic) bond motifs is 12. The summed E-state index contributed by atoms with van der Waals surface area (Å²) in [5.74, 6) is 0.359. The minimum absolute atomic E-state index is 0.359. The predicted molar refractivity (Wildman–Crippen MR) is 229 cm³/mol. The number of rotatable bonds is 3. The van der Waals surface area contributed by atoms with E-state index in [0.717, 1.165) is 36.4 Å². The van der Waals surface area contributed by atoms with Gasteiger partial charge in [0.1, 0.15) is 0 Å². The lowest BCUT2D eigenvalue weighted by Crippen LogP contribution is -2.14. The summed E-state index contributed by atoms with van der Waals surface area (Å²) in [4.78, 5) is 5.49. The molecule has 12 rings (SSSR count). The van der Waals surface area contributed by atoms with Gasteiger partial charge in [0.25, 0.3) is 0 Å². The fourth-order valence-corrected chi connectivity index (χ4v) is 9.66. The minimum Gasteiger partial charge on any atom is -0.309 e. The van der Waals surface area contributed by atoms with E-state index in [2.05, 4.69) is 179 Å². The van der Waals surface area contributed by atoms with Crippen molar-refractivity contribution in [2.75, 3.05) is 0 Å². The molecule has 1 aliphatic heterocycles. The van der Waals surface area contributed by atoms with Crippen LogP contribution < -0.4 is 0 Å². The molecule has 54 heavy (non-hydrogen) atoms. The Morgan fingerprint density at radius 1 is 0.537 bits per heavy atom. The summed E-state index contributed by atoms with van der Waals surface area (Å²) in [6.07, 6.45) is 12.0. The number of benzene rings is 7. The third-order valence-corrected chi connectivity index (χ3v) is 12.1. The number of hydrogen-bond acceptors (Lipinski definition) is 1. The molecule has 0 saturated heterocycles. The number of aromatic nitrogens is 2. The Balaban J connectivity index is 1.10. The molecule has 0 radical (unpaired) electrons. The van der Waals surface area contributed by atoms with E-state index in [0.29, 0.717) is 5.92 Å². The summed E-state index contributed by atoms with van der Waals surface area (Å²) in [7, 11) is 0. The molecule has 1 unspecified atom stereocenters. The van der Waals surface area contributed by atoms with E-state index in [1.807, 2.05) is 0 Å². The van der Waals surface area contributed by atoms with E-state index < -0.39 is 0 Å². The Hall–Kier alpha value is -6.71. The lowest BCUT2D eigenvalue weighted by molar-refractivity contribution is 0.688. The van der Waals surface area contributed by atoms with Gasteiger partial charge in [-0.15, -0.1) is 0 Å². The molecule has 3 heteroatoms. The van der Waals surface area contributed by atoms with Gasteiger partial charge in [0.15, 0.2) is 0 Å². The van der Waals surface area contributed by atoms with Crippen molar-refractivity contribution in [3.63, 3.8) is 0 Å². The highest BCUT2D eigenvalue weighted by Gasteiger charge is 2.25. The third kappa shape index (κ3) is 4.21. The average Bonchev–Trinajstić information content (AvgIpc) is 3.86. The molecule has 0 saturated carbocycles. The van der Waals surface area contributed by atoms with Crippen molar-refractivity contribution in [2.45, 2.75) is 19.3 Å². The van der Waals surface area contributed by atoms with Gasteiger partial charge in [0.2, 0.25) is 0 Å². The topological polar surface area (TPSA) is 21.7 Å². The van der Waals surface area contributed by atoms with Crippen molar-refractivity contribution in [1.82, 2.24) is 8.97 Å². The van der Waals surface area contributed by atoms with Crippen LogP contribution in [0.1, 0.15) is 30.4 Å². The van der Waals surface area contributed by atoms with Crippen molar-refractivity contribution < 1.29 is 0 Å². The summed E-state index contributed by atoms with van der Waals surface area (Å²) in [6.45, 7) is 0. The Bertz CT molecular complexity index is 3290. The van der Waals surface area contributed by atoms with Gasteiger partial charge in [-0.3, -0.25) is 4.99 Å². The molecule has 3 aromatic heterocycles. The molecule has 7 aromatic carbocycles. The fourth-order valence-electron chi connectivity index (χ4n) is 9.66. The van der Waals surface area contributed by atoms with E-state index >= 15 is 0 Å². The van der Waals surface area contributed by atoms with Gasteiger partial charge in [-0.25, -0.2) is 0 Å². The summed E-state index contributed by atoms with van der Waals surface area (Å²) in [6, 6.07) is 53.9. The number of para-hydroxylation sites is 3. The first-order chi connectivity index (χ1) is 26.8. The number of hydrogen-bond donors (Lipinski definition) is 0. The summed E-state index contributed by atoms with van der Waals surface area (Å²) in [5.41, 5.74) is 13.4. The SMILES string of the molecule is C1=C/C2=N/C(c3ccc4ccccc4c3)=C(/c3ccc(-n4c5ccccc5c5c6c7ccccc7n7c8ccccc8c(cc54)c67)cc3)CCCC2C=C1. The highest BCUT2D eigenvalue weighted by atomic mass is 15.0. The van der Waals surface area contributed by atoms with Crippen LogP contribution in [0, 0.1) is 5.92 Å². The van der Waals surface area contributed by atoms with Crippen LogP contribution in [0.2, 0.25) is 0 Å². The van der Waals surface area contributed by atoms with Crippen molar-refractivity contribution in [3.05, 3.63) is 181 Å². The van der Waals surface area contributed by atoms with Crippen LogP contribution in [0.3, 0.4) is 0 Å². The molecule has 254 valence electrons. The molecule has 2 aliphatic rings. The zero-order valence-electron chi connectivity index (χ0n) is 29.7. The monoisotopic (exact) mass is 689 g/mol. The maximum Gasteiger partial charge on any atom is 0.0743 e. The van der Waals surface area contributed by atoms with E-state index in [-0.39, 0.29) is 0 Å². The number of aliphatic imine (C=N–C) groups is 1. The maximum absolute atomic E-state index is 5.49. The average molecular weight is 690 g/mol. The van der Waals surface area contributed by atoms with Crippen molar-refractivity contribution in [1.29, 1.82) is 0 Å². The molecule has 0 spiro atoms. The third-order valence-electron chi connectivity index (χ3n) is 12.1. The standard InChI is InChI=1S/C51H35N3/c1-2-14-35-30-36(25-24-32(35)12-1)50-38(19-11-15-34-13-3-7-20-43(34)52-50)33-26-28-37(29-27-33)53-45-22-9-5-17-40(45)48-47(53)31-42-39-16-4-8-21-44(39)54-46-23-10-6-18-41(46)49(48)51(42)54/h1-10,12-14,16-18,20-31,34H,11,15,19H2/b50-38+,52-43-. The van der Waals surface area contributed by atoms with E-state index in [1.165, 1.54) is 87.4 Å². The van der Waals surface area contributed by atoms with Gasteiger partial charge in [-0.2, -0.15) is 0 Å². The Morgan fingerprint density at radius 3 is 2.06 bits per heavy atom. The van der Waals surface area contributed by atoms with Crippen LogP contribution in [-0.2, 0) is 0 Å². The van der Waals surface area contributed by atoms with Crippen LogP contribution in [0.15, 0.2) is 175 Å². The molecule has 1 atom stereocenters. The van der Waals surface area contributed by atoms with E-state index in [9.17, 15) is 0 Å². The normalized spacial score (nSPS) is 18.7. The van der Waals surface area contributed by atoms with Gasteiger partial charge in [-0.1, -0.05) is 121 Å². The van der Waals surface area contributed by atoms with Crippen molar-refractivity contribution in [2.24, 2.45) is 10.9 Å². The molecule has 1 aliphatic carbocycles. The fraction of sp³-hybridized carbons (Fsp3) is 0.0784. The second kappa shape index (κ2) is 11.4. The molecule has 0 amide bonds. The quantitative estimate of drug-likeness (QED) is 0.176. The molecule has 0 N–H and O–H groups in total. The molecule has 0 bridgehead atoms. The molecule has 3 nitrogen and oxygen atoms in total. The zero-order chi connectivity index (χ0) is 35.3. The predicted octanol–water partition coefficient (Wildman–Crippen LogP) is 13.3. The van der Waals surface area contributed by atoms with Gasteiger partial charge in [-0.05, 0) is 89.7 Å². The Labute approximate surface area is 312 Å². The van der Waals surface area contributed by atoms with Gasteiger partial charge in [0, 0.05) is 55.2 Å². The molecule has 4 heterocycles. The number of nitrogens with zero attached hydrogens (tertiary/aromatic N) is 3.